The number of anilines is 1. The number of hydrogen-bond acceptors (Lipinski definition) is 10. The van der Waals surface area contributed by atoms with Crippen molar-refractivity contribution < 1.29 is 33.5 Å². The lowest BCUT2D eigenvalue weighted by molar-refractivity contribution is -0.145. The second-order valence-corrected chi connectivity index (χ2v) is 16.3. The highest BCUT2D eigenvalue weighted by Crippen LogP contribution is 2.33. The number of likely N-dealkylation sites (tertiary alicyclic amines) is 1. The van der Waals surface area contributed by atoms with Gasteiger partial charge in [-0.3, -0.25) is 33.8 Å². The van der Waals surface area contributed by atoms with Gasteiger partial charge in [-0.25, -0.2) is 4.98 Å². The summed E-state index contributed by atoms with van der Waals surface area (Å²) < 4.78 is 6.22. The summed E-state index contributed by atoms with van der Waals surface area (Å²) in [6.45, 7) is 7.16. The fourth-order valence-corrected chi connectivity index (χ4v) is 7.34. The maximum absolute atomic E-state index is 14.8. The number of nitrogen functional groups attached to an aromatic ring is 1. The molecule has 5 atom stereocenters. The Morgan fingerprint density at radius 1 is 1.00 bits per heavy atom. The van der Waals surface area contributed by atoms with E-state index in [0.29, 0.717) is 24.9 Å². The Morgan fingerprint density at radius 2 is 1.73 bits per heavy atom. The first-order valence-electron chi connectivity index (χ1n) is 19.2. The van der Waals surface area contributed by atoms with Crippen molar-refractivity contribution >= 4 is 52.6 Å². The summed E-state index contributed by atoms with van der Waals surface area (Å²) in [5, 5.41) is 11.5. The maximum atomic E-state index is 14.8. The van der Waals surface area contributed by atoms with Crippen LogP contribution in [0.1, 0.15) is 102 Å². The molecular weight excluding hydrogens is 728 g/mol. The van der Waals surface area contributed by atoms with Crippen molar-refractivity contribution in [1.82, 2.24) is 36.1 Å². The molecule has 1 aromatic heterocycles. The molecule has 1 aliphatic heterocycles. The number of benzene rings is 1. The average Bonchev–Trinajstić information content (AvgIpc) is 3.88. The third kappa shape index (κ3) is 10.9. The van der Waals surface area contributed by atoms with E-state index in [9.17, 15) is 28.8 Å². The summed E-state index contributed by atoms with van der Waals surface area (Å²) in [6, 6.07) is 0.349. The van der Waals surface area contributed by atoms with Gasteiger partial charge in [-0.2, -0.15) is 0 Å². The number of ketones is 1. The quantitative estimate of drug-likeness (QED) is 0.132. The Labute approximate surface area is 326 Å². The lowest BCUT2D eigenvalue weighted by atomic mass is 9.82. The van der Waals surface area contributed by atoms with Gasteiger partial charge in [0.15, 0.2) is 0 Å². The van der Waals surface area contributed by atoms with Crippen molar-refractivity contribution in [2.75, 3.05) is 12.3 Å². The van der Waals surface area contributed by atoms with E-state index < -0.39 is 71.0 Å². The van der Waals surface area contributed by atoms with Crippen molar-refractivity contribution in [2.45, 2.75) is 128 Å². The molecule has 15 nitrogen and oxygen atoms in total. The third-order valence-electron chi connectivity index (χ3n) is 10.3. The summed E-state index contributed by atoms with van der Waals surface area (Å²) >= 11 is 6.42. The van der Waals surface area contributed by atoms with Crippen LogP contribution in [0.3, 0.4) is 0 Å². The van der Waals surface area contributed by atoms with E-state index in [4.69, 9.17) is 22.1 Å². The summed E-state index contributed by atoms with van der Waals surface area (Å²) in [5.41, 5.74) is 5.59. The normalized spacial score (nSPS) is 20.4. The van der Waals surface area contributed by atoms with Gasteiger partial charge in [-0.1, -0.05) is 65.0 Å². The zero-order chi connectivity index (χ0) is 39.9. The molecule has 0 bridgehead atoms. The van der Waals surface area contributed by atoms with Gasteiger partial charge in [0.2, 0.25) is 23.5 Å². The first-order valence-corrected chi connectivity index (χ1v) is 19.6. The SMILES string of the molecule is CCC[C@H](NC(=O)C1C[C@@H](Oc2cc(N)ccc2Cl)CN1C(=O)[C@@H](NC(=O)[C@@H](NC(=O)c1cnccn1)C1CCCCC1)C(C)(C)C)C(=O)C(=O)NC1CC1. The number of halogens is 1. The number of Topliss-reactive ketones (excluding diaryl/α,β-unsaturated/α-hetero) is 1. The highest BCUT2D eigenvalue weighted by molar-refractivity contribution is 6.38. The first-order chi connectivity index (χ1) is 26.2. The zero-order valence-electron chi connectivity index (χ0n) is 31.9. The number of aromatic nitrogens is 2. The Balaban J connectivity index is 1.41. The molecule has 2 aromatic rings. The zero-order valence-corrected chi connectivity index (χ0v) is 32.7. The predicted molar refractivity (Wildman–Crippen MR) is 205 cm³/mol. The molecule has 2 saturated carbocycles. The summed E-state index contributed by atoms with van der Waals surface area (Å²) in [5.74, 6) is -3.71. The fourth-order valence-electron chi connectivity index (χ4n) is 7.18. The predicted octanol–water partition coefficient (Wildman–Crippen LogP) is 3.10. The van der Waals surface area contributed by atoms with Crippen molar-refractivity contribution in [3.63, 3.8) is 0 Å². The van der Waals surface area contributed by atoms with Crippen LogP contribution in [0.25, 0.3) is 0 Å². The van der Waals surface area contributed by atoms with Crippen LogP contribution in [0, 0.1) is 11.3 Å². The molecule has 16 heteroatoms. The van der Waals surface area contributed by atoms with E-state index in [1.165, 1.54) is 23.5 Å². The molecule has 5 rings (SSSR count). The molecule has 1 aromatic carbocycles. The van der Waals surface area contributed by atoms with E-state index in [2.05, 4.69) is 31.2 Å². The molecule has 1 unspecified atom stereocenters. The smallest absolute Gasteiger partial charge is 0.289 e. The van der Waals surface area contributed by atoms with Gasteiger partial charge in [0.05, 0.1) is 23.8 Å². The largest absolute Gasteiger partial charge is 0.487 e. The molecule has 2 heterocycles. The van der Waals surface area contributed by atoms with Gasteiger partial charge in [0.25, 0.3) is 11.8 Å². The van der Waals surface area contributed by atoms with Crippen molar-refractivity contribution in [2.24, 2.45) is 11.3 Å². The maximum Gasteiger partial charge on any atom is 0.289 e. The second kappa shape index (κ2) is 18.2. The molecule has 1 saturated heterocycles. The van der Waals surface area contributed by atoms with Crippen LogP contribution in [0.15, 0.2) is 36.8 Å². The van der Waals surface area contributed by atoms with Crippen LogP contribution in [0.2, 0.25) is 5.02 Å². The van der Waals surface area contributed by atoms with E-state index in [1.54, 1.807) is 39.0 Å². The molecule has 3 aliphatic rings. The van der Waals surface area contributed by atoms with Crippen LogP contribution in [-0.2, 0) is 24.0 Å². The molecule has 6 N–H and O–H groups in total. The Kier molecular flexibility index (Phi) is 13.7. The minimum Gasteiger partial charge on any atom is -0.487 e. The second-order valence-electron chi connectivity index (χ2n) is 15.9. The van der Waals surface area contributed by atoms with Gasteiger partial charge in [-0.05, 0) is 55.6 Å². The molecule has 55 heavy (non-hydrogen) atoms. The number of amides is 5. The number of carbonyl (C=O) groups is 6. The molecular formula is C39H53ClN8O7. The van der Waals surface area contributed by atoms with E-state index in [-0.39, 0.29) is 47.8 Å². The molecule has 3 fully saturated rings. The Bertz CT molecular complexity index is 1730. The highest BCUT2D eigenvalue weighted by atomic mass is 35.5. The van der Waals surface area contributed by atoms with Crippen LogP contribution in [0.5, 0.6) is 5.75 Å². The molecule has 298 valence electrons. The summed E-state index contributed by atoms with van der Waals surface area (Å²) in [6.07, 6.45) is 9.99. The number of hydrogen-bond donors (Lipinski definition) is 5. The minimum absolute atomic E-state index is 0.0215. The average molecular weight is 781 g/mol. The van der Waals surface area contributed by atoms with Gasteiger partial charge in [0.1, 0.15) is 35.7 Å². The Morgan fingerprint density at radius 3 is 2.36 bits per heavy atom. The lowest BCUT2D eigenvalue weighted by Crippen LogP contribution is -2.62. The first kappa shape index (κ1) is 41.4. The molecule has 5 amide bonds. The molecule has 0 radical (unpaired) electrons. The number of rotatable bonds is 15. The van der Waals surface area contributed by atoms with E-state index in [0.717, 1.165) is 32.1 Å². The number of nitrogens with zero attached hydrogens (tertiary/aromatic N) is 3. The van der Waals surface area contributed by atoms with E-state index in [1.807, 2.05) is 6.92 Å². The van der Waals surface area contributed by atoms with Crippen molar-refractivity contribution in [3.8, 4) is 5.75 Å². The number of nitrogens with two attached hydrogens (primary N) is 1. The topological polar surface area (TPSA) is 215 Å². The van der Waals surface area contributed by atoms with Crippen molar-refractivity contribution in [1.29, 1.82) is 0 Å². The van der Waals surface area contributed by atoms with Gasteiger partial charge < -0.3 is 36.6 Å². The van der Waals surface area contributed by atoms with Gasteiger partial charge >= 0.3 is 0 Å². The lowest BCUT2D eigenvalue weighted by Gasteiger charge is -2.37. The molecule has 0 spiro atoms. The molecule has 2 aliphatic carbocycles. The number of nitrogens with one attached hydrogen (secondary N) is 4. The van der Waals surface area contributed by atoms with Crippen LogP contribution in [-0.4, -0.2) is 93.0 Å². The number of carbonyl (C=O) groups excluding carboxylic acids is 6. The highest BCUT2D eigenvalue weighted by Gasteiger charge is 2.47. The monoisotopic (exact) mass is 780 g/mol. The third-order valence-corrected chi connectivity index (χ3v) is 10.6. The van der Waals surface area contributed by atoms with Crippen LogP contribution < -0.4 is 31.7 Å². The van der Waals surface area contributed by atoms with Gasteiger partial charge in [-0.15, -0.1) is 0 Å². The minimum atomic E-state index is -1.15. The fraction of sp³-hybridized carbons (Fsp3) is 0.590. The standard InChI is InChI=1S/C39H53ClN8O7/c1-5-9-27(32(49)37(53)44-24-13-14-24)45-35(51)29-19-25(55-30-18-23(41)12-15-26(30)40)21-48(29)38(54)33(39(2,3)4)47-36(52)31(22-10-7-6-8-11-22)46-34(50)28-20-42-16-17-43-28/h12,15-18,20,22,24-25,27,29,31,33H,5-11,13-14,19,21,41H2,1-4H3,(H,44,53)(H,45,51)(H,46,50)(H,47,52)/t25-,27+,29?,31+,33-/m1/s1. The number of ether oxygens (including phenoxy) is 1. The Hall–Kier alpha value is -4.79. The summed E-state index contributed by atoms with van der Waals surface area (Å²) in [7, 11) is 0. The van der Waals surface area contributed by atoms with Gasteiger partial charge in [0, 0.05) is 36.6 Å². The van der Waals surface area contributed by atoms with Crippen LogP contribution >= 0.6 is 11.6 Å². The van der Waals surface area contributed by atoms with Crippen LogP contribution in [0.4, 0.5) is 5.69 Å². The van der Waals surface area contributed by atoms with E-state index >= 15 is 0 Å². The van der Waals surface area contributed by atoms with Crippen molar-refractivity contribution in [3.05, 3.63) is 47.5 Å². The summed E-state index contributed by atoms with van der Waals surface area (Å²) in [4.78, 5) is 91.8.